The van der Waals surface area contributed by atoms with Crippen LogP contribution in [0.15, 0.2) is 36.5 Å². The first-order valence-electron chi connectivity index (χ1n) is 15.3. The van der Waals surface area contributed by atoms with Gasteiger partial charge in [-0.05, 0) is 98.1 Å². The van der Waals surface area contributed by atoms with Crippen LogP contribution in [0, 0.1) is 29.1 Å². The lowest BCUT2D eigenvalue weighted by Crippen LogP contribution is -2.48. The standard InChI is InChI=1S/C33H62O3Si2/c1-13-14-15-16-17-18-19-27-28(22-23-34)30-21-20-29(27)33(30,25-36-38(11,12)32(6,7)8)26(2)24-35-37(9,10)31(3,4)5/h13-14,20-21,27-30,34H,2,15-19,22-25H2,1,3-12H3/b14-13+/t27-,28-,29+,30-,33+/m1/s1. The maximum atomic E-state index is 10.1. The lowest BCUT2D eigenvalue weighted by molar-refractivity contribution is 0.104. The van der Waals surface area contributed by atoms with Crippen molar-refractivity contribution in [1.29, 1.82) is 0 Å². The molecule has 2 aliphatic carbocycles. The number of aliphatic hydroxyl groups excluding tert-OH is 1. The summed E-state index contributed by atoms with van der Waals surface area (Å²) in [5, 5.41) is 10.4. The van der Waals surface area contributed by atoms with Crippen LogP contribution in [-0.2, 0) is 8.85 Å². The highest BCUT2D eigenvalue weighted by atomic mass is 28.4. The molecule has 1 saturated carbocycles. The van der Waals surface area contributed by atoms with Gasteiger partial charge in [-0.15, -0.1) is 0 Å². The SMILES string of the molecule is C=C(CO[Si](C)(C)C(C)(C)C)[C@]1(CO[Si](C)(C)C(C)(C)C)[C@@H]2C=C[C@H]1[C@H](CCCCC/C=C/C)[C@H]2CCO. The van der Waals surface area contributed by atoms with E-state index in [-0.39, 0.29) is 22.1 Å². The van der Waals surface area contributed by atoms with E-state index in [1.807, 2.05) is 0 Å². The molecule has 0 unspecified atom stereocenters. The van der Waals surface area contributed by atoms with Crippen LogP contribution in [-0.4, -0.2) is 41.6 Å². The molecular formula is C33H62O3Si2. The third-order valence-electron chi connectivity index (χ3n) is 10.8. The molecule has 1 fully saturated rings. The summed E-state index contributed by atoms with van der Waals surface area (Å²) in [6.45, 7) is 31.8. The summed E-state index contributed by atoms with van der Waals surface area (Å²) >= 11 is 0. The lowest BCUT2D eigenvalue weighted by atomic mass is 9.70. The Bertz CT molecular complexity index is 830. The molecule has 0 aromatic carbocycles. The molecule has 5 atom stereocenters. The maximum Gasteiger partial charge on any atom is 0.192 e. The van der Waals surface area contributed by atoms with Gasteiger partial charge in [-0.1, -0.05) is 85.3 Å². The smallest absolute Gasteiger partial charge is 0.192 e. The average molecular weight is 563 g/mol. The number of rotatable bonds is 15. The summed E-state index contributed by atoms with van der Waals surface area (Å²) in [7, 11) is -3.86. The van der Waals surface area contributed by atoms with Crippen LogP contribution in [0.2, 0.25) is 36.3 Å². The Morgan fingerprint density at radius 1 is 0.868 bits per heavy atom. The van der Waals surface area contributed by atoms with Crippen molar-refractivity contribution < 1.29 is 14.0 Å². The highest BCUT2D eigenvalue weighted by molar-refractivity contribution is 6.74. The normalized spacial score (nSPS) is 28.1. The van der Waals surface area contributed by atoms with Gasteiger partial charge in [0.05, 0.1) is 6.61 Å². The van der Waals surface area contributed by atoms with Crippen molar-refractivity contribution in [3.63, 3.8) is 0 Å². The van der Waals surface area contributed by atoms with Gasteiger partial charge in [-0.25, -0.2) is 0 Å². The number of unbranched alkanes of at least 4 members (excludes halogenated alkanes) is 3. The fraction of sp³-hybridized carbons (Fsp3) is 0.818. The predicted molar refractivity (Wildman–Crippen MR) is 171 cm³/mol. The van der Waals surface area contributed by atoms with Gasteiger partial charge in [0.25, 0.3) is 0 Å². The summed E-state index contributed by atoms with van der Waals surface area (Å²) in [4.78, 5) is 0. The predicted octanol–water partition coefficient (Wildman–Crippen LogP) is 9.53. The van der Waals surface area contributed by atoms with E-state index in [2.05, 4.69) is 99.0 Å². The number of hydrogen-bond donors (Lipinski definition) is 1. The first-order chi connectivity index (χ1) is 17.5. The average Bonchev–Trinajstić information content (AvgIpc) is 3.29. The van der Waals surface area contributed by atoms with Gasteiger partial charge in [0, 0.05) is 18.6 Å². The van der Waals surface area contributed by atoms with Gasteiger partial charge in [-0.3, -0.25) is 0 Å². The highest BCUT2D eigenvalue weighted by Gasteiger charge is 2.62. The molecule has 0 spiro atoms. The first kappa shape index (κ1) is 33.7. The van der Waals surface area contributed by atoms with Crippen molar-refractivity contribution >= 4 is 16.6 Å². The van der Waals surface area contributed by atoms with E-state index < -0.39 is 16.6 Å². The van der Waals surface area contributed by atoms with E-state index in [0.717, 1.165) is 13.0 Å². The van der Waals surface area contributed by atoms with Gasteiger partial charge in [0.2, 0.25) is 0 Å². The second kappa shape index (κ2) is 13.0. The van der Waals surface area contributed by atoms with Crippen molar-refractivity contribution in [2.24, 2.45) is 29.1 Å². The maximum absolute atomic E-state index is 10.1. The molecule has 220 valence electrons. The van der Waals surface area contributed by atoms with E-state index in [1.165, 1.54) is 37.7 Å². The molecular weight excluding hydrogens is 501 g/mol. The third kappa shape index (κ3) is 7.23. The molecule has 0 aromatic heterocycles. The van der Waals surface area contributed by atoms with Crippen molar-refractivity contribution in [2.45, 2.75) is 123 Å². The molecule has 0 heterocycles. The van der Waals surface area contributed by atoms with Gasteiger partial charge in [-0.2, -0.15) is 0 Å². The monoisotopic (exact) mass is 562 g/mol. The van der Waals surface area contributed by atoms with E-state index in [1.54, 1.807) is 0 Å². The molecule has 2 aliphatic rings. The zero-order valence-corrected chi connectivity index (χ0v) is 29.0. The van der Waals surface area contributed by atoms with Crippen LogP contribution in [0.3, 0.4) is 0 Å². The zero-order valence-electron chi connectivity index (χ0n) is 27.0. The molecule has 1 N–H and O–H groups in total. The molecule has 5 heteroatoms. The molecule has 0 saturated heterocycles. The van der Waals surface area contributed by atoms with Gasteiger partial charge in [0.1, 0.15) is 0 Å². The molecule has 38 heavy (non-hydrogen) atoms. The molecule has 3 nitrogen and oxygen atoms in total. The summed E-state index contributed by atoms with van der Waals surface area (Å²) in [5.41, 5.74) is 1.09. The van der Waals surface area contributed by atoms with Crippen molar-refractivity contribution in [2.75, 3.05) is 19.8 Å². The molecule has 0 radical (unpaired) electrons. The Morgan fingerprint density at radius 2 is 1.39 bits per heavy atom. The van der Waals surface area contributed by atoms with Crippen LogP contribution in [0.1, 0.15) is 87.0 Å². The number of aliphatic hydroxyl groups is 1. The highest BCUT2D eigenvalue weighted by Crippen LogP contribution is 2.65. The molecule has 0 aromatic rings. The Labute approximate surface area is 238 Å². The van der Waals surface area contributed by atoms with Crippen LogP contribution >= 0.6 is 0 Å². The van der Waals surface area contributed by atoms with E-state index in [0.29, 0.717) is 30.3 Å². The minimum atomic E-state index is -1.95. The Kier molecular flexibility index (Phi) is 11.6. The fourth-order valence-electron chi connectivity index (χ4n) is 6.21. The summed E-state index contributed by atoms with van der Waals surface area (Å²) in [6, 6.07) is 0. The summed E-state index contributed by atoms with van der Waals surface area (Å²) < 4.78 is 13.8. The quantitative estimate of drug-likeness (QED) is 0.123. The summed E-state index contributed by atoms with van der Waals surface area (Å²) in [6.07, 6.45) is 16.5. The minimum absolute atomic E-state index is 0.132. The Morgan fingerprint density at radius 3 is 1.89 bits per heavy atom. The van der Waals surface area contributed by atoms with Gasteiger partial charge in [0.15, 0.2) is 16.6 Å². The minimum Gasteiger partial charge on any atom is -0.416 e. The van der Waals surface area contributed by atoms with Gasteiger partial charge >= 0.3 is 0 Å². The van der Waals surface area contributed by atoms with Crippen LogP contribution in [0.4, 0.5) is 0 Å². The second-order valence-electron chi connectivity index (χ2n) is 15.2. The topological polar surface area (TPSA) is 38.7 Å². The van der Waals surface area contributed by atoms with E-state index in [9.17, 15) is 5.11 Å². The van der Waals surface area contributed by atoms with E-state index in [4.69, 9.17) is 15.4 Å². The molecule has 2 bridgehead atoms. The fourth-order valence-corrected chi connectivity index (χ4v) is 8.21. The Hall–Kier alpha value is -0.466. The van der Waals surface area contributed by atoms with Crippen LogP contribution in [0.5, 0.6) is 0 Å². The Balaban J connectivity index is 2.37. The molecule has 0 aliphatic heterocycles. The zero-order chi connectivity index (χ0) is 29.0. The first-order valence-corrected chi connectivity index (χ1v) is 21.1. The molecule has 0 amide bonds. The van der Waals surface area contributed by atoms with Crippen molar-refractivity contribution in [3.05, 3.63) is 36.5 Å². The molecule has 2 rings (SSSR count). The van der Waals surface area contributed by atoms with Gasteiger partial charge < -0.3 is 14.0 Å². The third-order valence-corrected chi connectivity index (χ3v) is 19.8. The van der Waals surface area contributed by atoms with Crippen LogP contribution < -0.4 is 0 Å². The summed E-state index contributed by atoms with van der Waals surface area (Å²) in [5.74, 6) is 1.84. The van der Waals surface area contributed by atoms with Crippen LogP contribution in [0.25, 0.3) is 0 Å². The lowest BCUT2D eigenvalue weighted by Gasteiger charge is -2.44. The largest absolute Gasteiger partial charge is 0.416 e. The number of hydrogen-bond acceptors (Lipinski definition) is 3. The van der Waals surface area contributed by atoms with E-state index >= 15 is 0 Å². The number of allylic oxidation sites excluding steroid dienone is 4. The van der Waals surface area contributed by atoms with Crippen molar-refractivity contribution in [3.8, 4) is 0 Å². The van der Waals surface area contributed by atoms with Crippen molar-refractivity contribution in [1.82, 2.24) is 0 Å². The second-order valence-corrected chi connectivity index (χ2v) is 24.8. The number of fused-ring (bicyclic) bond motifs is 2.